The molecule has 5 nitrogen and oxygen atoms in total. The van der Waals surface area contributed by atoms with Crippen molar-refractivity contribution in [3.8, 4) is 0 Å². The Morgan fingerprint density at radius 2 is 2.15 bits per heavy atom. The molecule has 2 rings (SSSR count). The normalized spacial score (nSPS) is 11.8. The molecule has 0 aliphatic rings. The molecule has 0 saturated heterocycles. The average molecular weight is 288 g/mol. The summed E-state index contributed by atoms with van der Waals surface area (Å²) in [5.41, 5.74) is 0.758. The van der Waals surface area contributed by atoms with Crippen molar-refractivity contribution in [1.29, 1.82) is 0 Å². The van der Waals surface area contributed by atoms with Gasteiger partial charge in [-0.1, -0.05) is 0 Å². The third-order valence-corrected chi connectivity index (χ3v) is 2.55. The van der Waals surface area contributed by atoms with Gasteiger partial charge in [-0.15, -0.1) is 0 Å². The summed E-state index contributed by atoms with van der Waals surface area (Å²) in [5, 5.41) is 11.4. The zero-order valence-corrected chi connectivity index (χ0v) is 10.2. The maximum Gasteiger partial charge on any atom is 0.389 e. The summed E-state index contributed by atoms with van der Waals surface area (Å²) in [7, 11) is 0. The van der Waals surface area contributed by atoms with E-state index in [9.17, 15) is 18.0 Å². The smallest absolute Gasteiger partial charge is 0.389 e. The first-order valence-corrected chi connectivity index (χ1v) is 5.80. The van der Waals surface area contributed by atoms with E-state index >= 15 is 0 Å². The fraction of sp³-hybridized carbons (Fsp3) is 0.333. The topological polar surface area (TPSA) is 75.4 Å². The van der Waals surface area contributed by atoms with Gasteiger partial charge in [0.25, 0.3) is 6.01 Å². The van der Waals surface area contributed by atoms with Gasteiger partial charge in [0, 0.05) is 13.0 Å². The van der Waals surface area contributed by atoms with Crippen LogP contribution < -0.4 is 5.32 Å². The Morgan fingerprint density at radius 1 is 1.40 bits per heavy atom. The molecule has 8 heteroatoms. The molecule has 0 aliphatic heterocycles. The second-order valence-electron chi connectivity index (χ2n) is 4.15. The summed E-state index contributed by atoms with van der Waals surface area (Å²) >= 11 is 0. The quantitative estimate of drug-likeness (QED) is 0.826. The van der Waals surface area contributed by atoms with Gasteiger partial charge in [-0.05, 0) is 24.6 Å². The summed E-state index contributed by atoms with van der Waals surface area (Å²) in [6, 6.07) is 4.24. The number of anilines is 1. The highest BCUT2D eigenvalue weighted by Gasteiger charge is 2.25. The monoisotopic (exact) mass is 288 g/mol. The molecule has 20 heavy (non-hydrogen) atoms. The van der Waals surface area contributed by atoms with E-state index in [1.54, 1.807) is 0 Å². The highest BCUT2D eigenvalue weighted by atomic mass is 19.4. The lowest BCUT2D eigenvalue weighted by Gasteiger charge is -2.05. The van der Waals surface area contributed by atoms with Crippen LogP contribution >= 0.6 is 0 Å². The zero-order chi connectivity index (χ0) is 14.8. The minimum Gasteiger partial charge on any atom is -0.478 e. The highest BCUT2D eigenvalue weighted by Crippen LogP contribution is 2.22. The molecule has 1 aromatic heterocycles. The van der Waals surface area contributed by atoms with E-state index in [1.165, 1.54) is 18.2 Å². The van der Waals surface area contributed by atoms with E-state index in [2.05, 4.69) is 10.3 Å². The summed E-state index contributed by atoms with van der Waals surface area (Å²) < 4.78 is 41.1. The average Bonchev–Trinajstić information content (AvgIpc) is 2.75. The van der Waals surface area contributed by atoms with Crippen molar-refractivity contribution < 1.29 is 27.5 Å². The standard InChI is InChI=1S/C12H11F3N2O3/c13-12(14,15)4-1-5-16-11-17-8-3-2-7(10(18)19)6-9(8)20-11/h2-3,6H,1,4-5H2,(H,16,17)(H,18,19). The van der Waals surface area contributed by atoms with Crippen LogP contribution in [-0.2, 0) is 0 Å². The van der Waals surface area contributed by atoms with Gasteiger partial charge in [0.2, 0.25) is 0 Å². The van der Waals surface area contributed by atoms with Gasteiger partial charge in [-0.3, -0.25) is 0 Å². The summed E-state index contributed by atoms with van der Waals surface area (Å²) in [6.45, 7) is 0.0676. The Balaban J connectivity index is 1.99. The molecule has 1 heterocycles. The number of benzene rings is 1. The van der Waals surface area contributed by atoms with Crippen LogP contribution in [0.25, 0.3) is 11.1 Å². The second-order valence-corrected chi connectivity index (χ2v) is 4.15. The van der Waals surface area contributed by atoms with E-state index < -0.39 is 18.6 Å². The Kier molecular flexibility index (Phi) is 3.82. The minimum absolute atomic E-state index is 0.0530. The third kappa shape index (κ3) is 3.62. The lowest BCUT2D eigenvalue weighted by molar-refractivity contribution is -0.134. The number of carbonyl (C=O) groups is 1. The Bertz CT molecular complexity index is 622. The van der Waals surface area contributed by atoms with Crippen molar-refractivity contribution in [2.45, 2.75) is 19.0 Å². The predicted octanol–water partition coefficient (Wildman–Crippen LogP) is 3.28. The molecule has 108 valence electrons. The third-order valence-electron chi connectivity index (χ3n) is 2.55. The van der Waals surface area contributed by atoms with Gasteiger partial charge in [0.1, 0.15) is 5.52 Å². The molecule has 2 N–H and O–H groups in total. The molecule has 0 saturated carbocycles. The maximum absolute atomic E-state index is 11.9. The van der Waals surface area contributed by atoms with E-state index in [1.807, 2.05) is 0 Å². The van der Waals surface area contributed by atoms with E-state index in [0.717, 1.165) is 0 Å². The first-order chi connectivity index (χ1) is 9.35. The van der Waals surface area contributed by atoms with Gasteiger partial charge < -0.3 is 14.8 Å². The van der Waals surface area contributed by atoms with Crippen molar-refractivity contribution >= 4 is 23.1 Å². The number of aromatic nitrogens is 1. The largest absolute Gasteiger partial charge is 0.478 e. The first kappa shape index (κ1) is 14.2. The van der Waals surface area contributed by atoms with E-state index in [0.29, 0.717) is 5.52 Å². The van der Waals surface area contributed by atoms with Gasteiger partial charge in [-0.25, -0.2) is 4.79 Å². The molecule has 0 atom stereocenters. The summed E-state index contributed by atoms with van der Waals surface area (Å²) in [4.78, 5) is 14.8. The van der Waals surface area contributed by atoms with Crippen LogP contribution in [0.5, 0.6) is 0 Å². The Labute approximate surface area is 111 Å². The number of carboxylic acid groups (broad SMARTS) is 1. The summed E-state index contributed by atoms with van der Waals surface area (Å²) in [6.07, 6.45) is -5.16. The fourth-order valence-electron chi connectivity index (χ4n) is 1.62. The molecule has 1 aromatic carbocycles. The first-order valence-electron chi connectivity index (χ1n) is 5.80. The SMILES string of the molecule is O=C(O)c1ccc2nc(NCCCC(F)(F)F)oc2c1. The Hall–Kier alpha value is -2.25. The number of alkyl halides is 3. The molecular formula is C12H11F3N2O3. The number of carboxylic acids is 1. The molecule has 0 unspecified atom stereocenters. The number of oxazole rings is 1. The van der Waals surface area contributed by atoms with Gasteiger partial charge in [0.15, 0.2) is 5.58 Å². The van der Waals surface area contributed by atoms with Crippen LogP contribution in [0, 0.1) is 0 Å². The molecule has 0 radical (unpaired) electrons. The fourth-order valence-corrected chi connectivity index (χ4v) is 1.62. The molecule has 0 spiro atoms. The van der Waals surface area contributed by atoms with Crippen LogP contribution in [0.4, 0.5) is 19.2 Å². The molecule has 0 amide bonds. The van der Waals surface area contributed by atoms with Crippen LogP contribution in [0.1, 0.15) is 23.2 Å². The highest BCUT2D eigenvalue weighted by molar-refractivity contribution is 5.92. The van der Waals surface area contributed by atoms with E-state index in [-0.39, 0.29) is 30.1 Å². The number of halogens is 3. The number of nitrogens with zero attached hydrogens (tertiary/aromatic N) is 1. The van der Waals surface area contributed by atoms with Gasteiger partial charge >= 0.3 is 12.1 Å². The molecule has 0 aliphatic carbocycles. The number of rotatable bonds is 5. The van der Waals surface area contributed by atoms with Gasteiger partial charge in [-0.2, -0.15) is 18.2 Å². The predicted molar refractivity (Wildman–Crippen MR) is 64.7 cm³/mol. The van der Waals surface area contributed by atoms with Crippen molar-refractivity contribution in [1.82, 2.24) is 4.98 Å². The number of hydrogen-bond donors (Lipinski definition) is 2. The molecule has 0 bridgehead atoms. The van der Waals surface area contributed by atoms with E-state index in [4.69, 9.17) is 9.52 Å². The maximum atomic E-state index is 11.9. The minimum atomic E-state index is -4.18. The van der Waals surface area contributed by atoms with Gasteiger partial charge in [0.05, 0.1) is 5.56 Å². The van der Waals surface area contributed by atoms with Crippen molar-refractivity contribution in [3.05, 3.63) is 23.8 Å². The number of nitrogens with one attached hydrogen (secondary N) is 1. The number of fused-ring (bicyclic) bond motifs is 1. The van der Waals surface area contributed by atoms with Crippen molar-refractivity contribution in [3.63, 3.8) is 0 Å². The molecule has 0 fully saturated rings. The van der Waals surface area contributed by atoms with Crippen LogP contribution in [-0.4, -0.2) is 28.8 Å². The van der Waals surface area contributed by atoms with Crippen LogP contribution in [0.2, 0.25) is 0 Å². The lowest BCUT2D eigenvalue weighted by atomic mass is 10.2. The van der Waals surface area contributed by atoms with Crippen LogP contribution in [0.15, 0.2) is 22.6 Å². The van der Waals surface area contributed by atoms with Crippen LogP contribution in [0.3, 0.4) is 0 Å². The summed E-state index contributed by atoms with van der Waals surface area (Å²) in [5.74, 6) is -1.09. The number of hydrogen-bond acceptors (Lipinski definition) is 4. The van der Waals surface area contributed by atoms with Crippen molar-refractivity contribution in [2.24, 2.45) is 0 Å². The van der Waals surface area contributed by atoms with Crippen molar-refractivity contribution in [2.75, 3.05) is 11.9 Å². The number of aromatic carboxylic acids is 1. The molecule has 2 aromatic rings. The zero-order valence-electron chi connectivity index (χ0n) is 10.2. The lowest BCUT2D eigenvalue weighted by Crippen LogP contribution is -2.10. The molecular weight excluding hydrogens is 277 g/mol. The second kappa shape index (κ2) is 5.40. The Morgan fingerprint density at radius 3 is 2.80 bits per heavy atom.